The van der Waals surface area contributed by atoms with E-state index in [1.807, 2.05) is 12.1 Å². The van der Waals surface area contributed by atoms with Gasteiger partial charge in [0, 0.05) is 24.8 Å². The largest absolute Gasteiger partial charge is 0.356 e. The molecule has 0 N–H and O–H groups in total. The predicted octanol–water partition coefficient (Wildman–Crippen LogP) is 3.30. The molecule has 18 heavy (non-hydrogen) atoms. The fraction of sp³-hybridized carbons (Fsp3) is 0.600. The lowest BCUT2D eigenvalue weighted by molar-refractivity contribution is 0.101. The number of carbonyl (C=O) groups excluding carboxylic acids is 1. The van der Waals surface area contributed by atoms with E-state index in [9.17, 15) is 4.79 Å². The number of pyridine rings is 1. The summed E-state index contributed by atoms with van der Waals surface area (Å²) in [5.74, 6) is 1.76. The average molecular weight is 246 g/mol. The molecule has 0 aliphatic heterocycles. The van der Waals surface area contributed by atoms with Crippen molar-refractivity contribution in [3.8, 4) is 0 Å². The van der Waals surface area contributed by atoms with Gasteiger partial charge in [-0.15, -0.1) is 0 Å². The first-order valence-corrected chi connectivity index (χ1v) is 6.79. The van der Waals surface area contributed by atoms with Crippen LogP contribution >= 0.6 is 0 Å². The lowest BCUT2D eigenvalue weighted by atomic mass is 9.85. The number of hydrogen-bond donors (Lipinski definition) is 0. The molecule has 0 bridgehead atoms. The molecule has 2 rings (SSSR count). The van der Waals surface area contributed by atoms with Crippen LogP contribution in [-0.2, 0) is 0 Å². The molecule has 2 unspecified atom stereocenters. The van der Waals surface area contributed by atoms with E-state index in [-0.39, 0.29) is 5.78 Å². The van der Waals surface area contributed by atoms with E-state index in [0.717, 1.165) is 11.7 Å². The van der Waals surface area contributed by atoms with E-state index < -0.39 is 0 Å². The molecule has 0 amide bonds. The van der Waals surface area contributed by atoms with Gasteiger partial charge in [-0.2, -0.15) is 0 Å². The number of hydrogen-bond acceptors (Lipinski definition) is 3. The molecule has 2 atom stereocenters. The molecule has 1 saturated carbocycles. The molecule has 3 nitrogen and oxygen atoms in total. The van der Waals surface area contributed by atoms with Crippen molar-refractivity contribution < 1.29 is 4.79 Å². The Labute approximate surface area is 109 Å². The molecular formula is C15H22N2O. The zero-order chi connectivity index (χ0) is 13.1. The molecule has 0 radical (unpaired) electrons. The SMILES string of the molecule is CC(=O)c1ccc(N(C)C2CCCCC2C)nc1. The number of carbonyl (C=O) groups is 1. The highest BCUT2D eigenvalue weighted by Crippen LogP contribution is 2.29. The Morgan fingerprint density at radius 3 is 2.61 bits per heavy atom. The predicted molar refractivity (Wildman–Crippen MR) is 74.1 cm³/mol. The number of anilines is 1. The molecule has 1 fully saturated rings. The van der Waals surface area contributed by atoms with E-state index in [1.54, 1.807) is 13.1 Å². The van der Waals surface area contributed by atoms with Crippen LogP contribution in [-0.4, -0.2) is 23.9 Å². The summed E-state index contributed by atoms with van der Waals surface area (Å²) in [4.78, 5) is 17.9. The third kappa shape index (κ3) is 2.71. The molecule has 1 aliphatic rings. The first-order valence-electron chi connectivity index (χ1n) is 6.79. The van der Waals surface area contributed by atoms with Gasteiger partial charge in [-0.25, -0.2) is 4.98 Å². The highest BCUT2D eigenvalue weighted by atomic mass is 16.1. The molecule has 1 aliphatic carbocycles. The molecule has 1 aromatic heterocycles. The Hall–Kier alpha value is -1.38. The fourth-order valence-corrected chi connectivity index (χ4v) is 2.84. The summed E-state index contributed by atoms with van der Waals surface area (Å²) in [6.45, 7) is 3.90. The van der Waals surface area contributed by atoms with E-state index in [1.165, 1.54) is 25.7 Å². The minimum atomic E-state index is 0.0720. The van der Waals surface area contributed by atoms with E-state index >= 15 is 0 Å². The minimum Gasteiger partial charge on any atom is -0.356 e. The van der Waals surface area contributed by atoms with Crippen molar-refractivity contribution in [1.82, 2.24) is 4.98 Å². The maximum Gasteiger partial charge on any atom is 0.161 e. The van der Waals surface area contributed by atoms with Gasteiger partial charge in [0.05, 0.1) is 0 Å². The molecule has 0 saturated heterocycles. The van der Waals surface area contributed by atoms with Crippen molar-refractivity contribution in [3.05, 3.63) is 23.9 Å². The summed E-state index contributed by atoms with van der Waals surface area (Å²) in [5, 5.41) is 0. The third-order valence-corrected chi connectivity index (χ3v) is 4.08. The molecule has 3 heteroatoms. The van der Waals surface area contributed by atoms with Crippen LogP contribution in [0.1, 0.15) is 49.9 Å². The normalized spacial score (nSPS) is 23.7. The quantitative estimate of drug-likeness (QED) is 0.767. The molecule has 98 valence electrons. The first kappa shape index (κ1) is 13.1. The van der Waals surface area contributed by atoms with Crippen molar-refractivity contribution in [2.45, 2.75) is 45.6 Å². The summed E-state index contributed by atoms with van der Waals surface area (Å²) in [5.41, 5.74) is 0.684. The summed E-state index contributed by atoms with van der Waals surface area (Å²) >= 11 is 0. The van der Waals surface area contributed by atoms with Crippen LogP contribution in [0.15, 0.2) is 18.3 Å². The Bertz CT molecular complexity index is 413. The number of aromatic nitrogens is 1. The summed E-state index contributed by atoms with van der Waals surface area (Å²) in [7, 11) is 2.11. The van der Waals surface area contributed by atoms with Gasteiger partial charge in [-0.1, -0.05) is 19.8 Å². The van der Waals surface area contributed by atoms with Crippen LogP contribution in [0, 0.1) is 5.92 Å². The topological polar surface area (TPSA) is 33.2 Å². The number of nitrogens with zero attached hydrogens (tertiary/aromatic N) is 2. The summed E-state index contributed by atoms with van der Waals surface area (Å²) in [6.07, 6.45) is 6.89. The van der Waals surface area contributed by atoms with Crippen LogP contribution in [0.4, 0.5) is 5.82 Å². The minimum absolute atomic E-state index is 0.0720. The highest BCUT2D eigenvalue weighted by molar-refractivity contribution is 5.93. The van der Waals surface area contributed by atoms with E-state index in [0.29, 0.717) is 11.6 Å². The van der Waals surface area contributed by atoms with Crippen LogP contribution in [0.5, 0.6) is 0 Å². The monoisotopic (exact) mass is 246 g/mol. The second-order valence-electron chi connectivity index (χ2n) is 5.40. The van der Waals surface area contributed by atoms with Crippen molar-refractivity contribution in [3.63, 3.8) is 0 Å². The van der Waals surface area contributed by atoms with Crippen LogP contribution in [0.2, 0.25) is 0 Å². The smallest absolute Gasteiger partial charge is 0.161 e. The Balaban J connectivity index is 2.12. The van der Waals surface area contributed by atoms with Gasteiger partial charge in [0.2, 0.25) is 0 Å². The molecule has 0 aromatic carbocycles. The van der Waals surface area contributed by atoms with Gasteiger partial charge in [-0.05, 0) is 37.8 Å². The van der Waals surface area contributed by atoms with Gasteiger partial charge in [0.1, 0.15) is 5.82 Å². The van der Waals surface area contributed by atoms with Gasteiger partial charge >= 0.3 is 0 Å². The zero-order valence-electron chi connectivity index (χ0n) is 11.5. The van der Waals surface area contributed by atoms with E-state index in [2.05, 4.69) is 23.9 Å². The van der Waals surface area contributed by atoms with Crippen molar-refractivity contribution in [2.75, 3.05) is 11.9 Å². The maximum atomic E-state index is 11.2. The van der Waals surface area contributed by atoms with Crippen LogP contribution < -0.4 is 4.90 Å². The van der Waals surface area contributed by atoms with Crippen molar-refractivity contribution in [2.24, 2.45) is 5.92 Å². The van der Waals surface area contributed by atoms with Crippen LogP contribution in [0.3, 0.4) is 0 Å². The average Bonchev–Trinajstić information content (AvgIpc) is 2.38. The lowest BCUT2D eigenvalue weighted by Crippen LogP contribution is -2.39. The number of Topliss-reactive ketones (excluding diaryl/α,β-unsaturated/α-hetero) is 1. The molecule has 0 spiro atoms. The summed E-state index contributed by atoms with van der Waals surface area (Å²) in [6, 6.07) is 4.40. The zero-order valence-corrected chi connectivity index (χ0v) is 11.5. The second kappa shape index (κ2) is 5.51. The van der Waals surface area contributed by atoms with Crippen LogP contribution in [0.25, 0.3) is 0 Å². The number of ketones is 1. The molecule has 1 aromatic rings. The van der Waals surface area contributed by atoms with Crippen molar-refractivity contribution >= 4 is 11.6 Å². The lowest BCUT2D eigenvalue weighted by Gasteiger charge is -2.37. The first-order chi connectivity index (χ1) is 8.59. The second-order valence-corrected chi connectivity index (χ2v) is 5.40. The summed E-state index contributed by atoms with van der Waals surface area (Å²) < 4.78 is 0. The Morgan fingerprint density at radius 2 is 2.06 bits per heavy atom. The fourth-order valence-electron chi connectivity index (χ4n) is 2.84. The number of rotatable bonds is 3. The third-order valence-electron chi connectivity index (χ3n) is 4.08. The Kier molecular flexibility index (Phi) is 4.00. The molecular weight excluding hydrogens is 224 g/mol. The van der Waals surface area contributed by atoms with E-state index in [4.69, 9.17) is 0 Å². The van der Waals surface area contributed by atoms with Gasteiger partial charge in [-0.3, -0.25) is 4.79 Å². The van der Waals surface area contributed by atoms with Crippen molar-refractivity contribution in [1.29, 1.82) is 0 Å². The van der Waals surface area contributed by atoms with Gasteiger partial charge < -0.3 is 4.90 Å². The molecule has 1 heterocycles. The Morgan fingerprint density at radius 1 is 1.33 bits per heavy atom. The maximum absolute atomic E-state index is 11.2. The van der Waals surface area contributed by atoms with Gasteiger partial charge in [0.15, 0.2) is 5.78 Å². The van der Waals surface area contributed by atoms with Gasteiger partial charge in [0.25, 0.3) is 0 Å². The standard InChI is InChI=1S/C15H22N2O/c1-11-6-4-5-7-14(11)17(3)15-9-8-13(10-16-15)12(2)18/h8-11,14H,4-7H2,1-3H3. The highest BCUT2D eigenvalue weighted by Gasteiger charge is 2.25.